The lowest BCUT2D eigenvalue weighted by Gasteiger charge is -2.16. The first-order chi connectivity index (χ1) is 6.79. The van der Waals surface area contributed by atoms with Gasteiger partial charge in [-0.25, -0.2) is 4.21 Å². The van der Waals surface area contributed by atoms with Crippen LogP contribution >= 0.6 is 0 Å². The molecule has 2 nitrogen and oxygen atoms in total. The van der Waals surface area contributed by atoms with Gasteiger partial charge >= 0.3 is 0 Å². The summed E-state index contributed by atoms with van der Waals surface area (Å²) in [5, 5.41) is 0. The zero-order valence-electron chi connectivity index (χ0n) is 11.0. The van der Waals surface area contributed by atoms with Gasteiger partial charge in [-0.2, -0.15) is 4.40 Å². The van der Waals surface area contributed by atoms with Gasteiger partial charge in [-0.05, 0) is 39.5 Å². The van der Waals surface area contributed by atoms with Crippen LogP contribution < -0.4 is 0 Å². The van der Waals surface area contributed by atoms with Gasteiger partial charge in [0.15, 0.2) is 0 Å². The first-order valence-electron chi connectivity index (χ1n) is 5.78. The number of hydrogen-bond acceptors (Lipinski definition) is 1. The Morgan fingerprint density at radius 3 is 2.20 bits per heavy atom. The maximum Gasteiger partial charge on any atom is 0.144 e. The molecule has 0 bridgehead atoms. The van der Waals surface area contributed by atoms with Crippen molar-refractivity contribution in [2.24, 2.45) is 10.3 Å². The van der Waals surface area contributed by atoms with Gasteiger partial charge in [0.25, 0.3) is 0 Å². The molecule has 0 saturated carbocycles. The first-order valence-corrected chi connectivity index (χ1v) is 6.89. The summed E-state index contributed by atoms with van der Waals surface area (Å²) in [5.41, 5.74) is 1.10. The molecule has 0 aromatic heterocycles. The molecule has 90 valence electrons. The minimum atomic E-state index is -1.10. The summed E-state index contributed by atoms with van der Waals surface area (Å²) >= 11 is 0. The van der Waals surface area contributed by atoms with Crippen molar-refractivity contribution in [3.63, 3.8) is 0 Å². The SMILES string of the molecule is CCCC/C(=N/S(=O)C(C)(C)C)C(C)C. The quantitative estimate of drug-likeness (QED) is 0.663. The largest absolute Gasteiger partial charge is 0.234 e. The van der Waals surface area contributed by atoms with Crippen molar-refractivity contribution in [1.29, 1.82) is 0 Å². The van der Waals surface area contributed by atoms with Crippen molar-refractivity contribution in [3.05, 3.63) is 0 Å². The van der Waals surface area contributed by atoms with E-state index in [-0.39, 0.29) is 4.75 Å². The molecule has 0 aliphatic heterocycles. The van der Waals surface area contributed by atoms with E-state index in [1.54, 1.807) is 0 Å². The maximum atomic E-state index is 11.9. The Morgan fingerprint density at radius 1 is 1.33 bits per heavy atom. The molecule has 0 aliphatic carbocycles. The third-order valence-electron chi connectivity index (χ3n) is 2.18. The van der Waals surface area contributed by atoms with Gasteiger partial charge in [-0.1, -0.05) is 27.2 Å². The summed E-state index contributed by atoms with van der Waals surface area (Å²) in [6.07, 6.45) is 3.28. The molecule has 0 amide bonds. The van der Waals surface area contributed by atoms with Crippen molar-refractivity contribution in [2.45, 2.75) is 65.6 Å². The molecule has 1 atom stereocenters. The highest BCUT2D eigenvalue weighted by molar-refractivity contribution is 7.85. The van der Waals surface area contributed by atoms with Gasteiger partial charge in [0.2, 0.25) is 0 Å². The Hall–Kier alpha value is -0.180. The predicted octanol–water partition coefficient (Wildman–Crippen LogP) is 3.74. The van der Waals surface area contributed by atoms with E-state index < -0.39 is 11.0 Å². The Morgan fingerprint density at radius 2 is 1.87 bits per heavy atom. The second-order valence-corrected chi connectivity index (χ2v) is 7.11. The number of hydrogen-bond donors (Lipinski definition) is 0. The van der Waals surface area contributed by atoms with E-state index in [1.807, 2.05) is 20.8 Å². The molecular weight excluding hydrogens is 206 g/mol. The molecule has 0 heterocycles. The van der Waals surface area contributed by atoms with E-state index in [1.165, 1.54) is 0 Å². The molecule has 1 unspecified atom stereocenters. The van der Waals surface area contributed by atoms with Gasteiger partial charge < -0.3 is 0 Å². The lowest BCUT2D eigenvalue weighted by atomic mass is 10.0. The monoisotopic (exact) mass is 231 g/mol. The van der Waals surface area contributed by atoms with E-state index in [9.17, 15) is 4.21 Å². The van der Waals surface area contributed by atoms with Gasteiger partial charge in [-0.3, -0.25) is 0 Å². The number of unbranched alkanes of at least 4 members (excludes halogenated alkanes) is 1. The van der Waals surface area contributed by atoms with Crippen LogP contribution in [0.2, 0.25) is 0 Å². The van der Waals surface area contributed by atoms with Crippen molar-refractivity contribution >= 4 is 16.7 Å². The van der Waals surface area contributed by atoms with Crippen LogP contribution in [0, 0.1) is 5.92 Å². The fraction of sp³-hybridized carbons (Fsp3) is 0.917. The number of nitrogens with zero attached hydrogens (tertiary/aromatic N) is 1. The highest BCUT2D eigenvalue weighted by atomic mass is 32.2. The van der Waals surface area contributed by atoms with E-state index in [0.717, 1.165) is 25.0 Å². The minimum absolute atomic E-state index is 0.244. The van der Waals surface area contributed by atoms with Crippen LogP contribution in [0.25, 0.3) is 0 Å². The zero-order valence-corrected chi connectivity index (χ0v) is 11.8. The minimum Gasteiger partial charge on any atom is -0.234 e. The second-order valence-electron chi connectivity index (χ2n) is 5.20. The summed E-state index contributed by atoms with van der Waals surface area (Å²) in [5.74, 6) is 0.405. The first kappa shape index (κ1) is 14.8. The molecule has 0 aliphatic rings. The van der Waals surface area contributed by atoms with E-state index in [0.29, 0.717) is 5.92 Å². The Balaban J connectivity index is 4.61. The van der Waals surface area contributed by atoms with Crippen molar-refractivity contribution in [2.75, 3.05) is 0 Å². The van der Waals surface area contributed by atoms with Gasteiger partial charge in [0.1, 0.15) is 11.0 Å². The van der Waals surface area contributed by atoms with E-state index in [2.05, 4.69) is 25.2 Å². The van der Waals surface area contributed by atoms with E-state index in [4.69, 9.17) is 0 Å². The van der Waals surface area contributed by atoms with Crippen LogP contribution in [0.5, 0.6) is 0 Å². The molecule has 0 radical (unpaired) electrons. The third kappa shape index (κ3) is 6.08. The van der Waals surface area contributed by atoms with Crippen LogP contribution in [0.4, 0.5) is 0 Å². The summed E-state index contributed by atoms with van der Waals surface area (Å²) in [4.78, 5) is 0. The van der Waals surface area contributed by atoms with Crippen LogP contribution in [-0.2, 0) is 11.0 Å². The van der Waals surface area contributed by atoms with Gasteiger partial charge in [0.05, 0.1) is 4.75 Å². The predicted molar refractivity (Wildman–Crippen MR) is 69.7 cm³/mol. The van der Waals surface area contributed by atoms with Crippen LogP contribution in [-0.4, -0.2) is 14.7 Å². The molecule has 0 N–H and O–H groups in total. The van der Waals surface area contributed by atoms with Crippen molar-refractivity contribution in [1.82, 2.24) is 0 Å². The summed E-state index contributed by atoms with van der Waals surface area (Å²) in [6, 6.07) is 0. The topological polar surface area (TPSA) is 29.4 Å². The summed E-state index contributed by atoms with van der Waals surface area (Å²) in [6.45, 7) is 12.3. The normalized spacial score (nSPS) is 15.8. The third-order valence-corrected chi connectivity index (χ3v) is 3.62. The Bertz CT molecular complexity index is 238. The van der Waals surface area contributed by atoms with Crippen LogP contribution in [0.3, 0.4) is 0 Å². The van der Waals surface area contributed by atoms with Crippen molar-refractivity contribution in [3.8, 4) is 0 Å². The molecule has 0 aromatic carbocycles. The standard InChI is InChI=1S/C12H25NOS/c1-7-8-9-11(10(2)3)13-15(14)12(4,5)6/h10H,7-9H2,1-6H3/b13-11-. The average molecular weight is 231 g/mol. The molecule has 15 heavy (non-hydrogen) atoms. The summed E-state index contributed by atoms with van der Waals surface area (Å²) < 4.78 is 16.0. The highest BCUT2D eigenvalue weighted by Crippen LogP contribution is 2.15. The Labute approximate surface area is 97.2 Å². The lowest BCUT2D eigenvalue weighted by molar-refractivity contribution is 0.649. The van der Waals surface area contributed by atoms with E-state index >= 15 is 0 Å². The molecular formula is C12H25NOS. The van der Waals surface area contributed by atoms with Crippen molar-refractivity contribution < 1.29 is 4.21 Å². The second kappa shape index (κ2) is 6.41. The molecule has 0 spiro atoms. The fourth-order valence-electron chi connectivity index (χ4n) is 1.04. The molecule has 0 saturated heterocycles. The molecule has 3 heteroatoms. The molecule has 0 rings (SSSR count). The fourth-order valence-corrected chi connectivity index (χ4v) is 1.83. The smallest absolute Gasteiger partial charge is 0.144 e. The molecule has 0 aromatic rings. The number of rotatable bonds is 5. The maximum absolute atomic E-state index is 11.9. The van der Waals surface area contributed by atoms with Gasteiger partial charge in [0, 0.05) is 5.71 Å². The highest BCUT2D eigenvalue weighted by Gasteiger charge is 2.20. The Kier molecular flexibility index (Phi) is 6.34. The lowest BCUT2D eigenvalue weighted by Crippen LogP contribution is -2.22. The van der Waals surface area contributed by atoms with Crippen LogP contribution in [0.1, 0.15) is 60.8 Å². The van der Waals surface area contributed by atoms with Crippen LogP contribution in [0.15, 0.2) is 4.40 Å². The molecule has 0 fully saturated rings. The average Bonchev–Trinajstić information content (AvgIpc) is 2.09. The summed E-state index contributed by atoms with van der Waals surface area (Å²) in [7, 11) is -1.10. The zero-order chi connectivity index (χ0) is 12.1. The van der Waals surface area contributed by atoms with Gasteiger partial charge in [-0.15, -0.1) is 0 Å².